The van der Waals surface area contributed by atoms with Gasteiger partial charge in [0.1, 0.15) is 34.1 Å². The molecule has 7 heteroatoms. The number of phenolic OH excluding ortho intramolecular Hbond substituents is 2. The number of hydrogen-bond acceptors (Lipinski definition) is 6. The van der Waals surface area contributed by atoms with Crippen LogP contribution in [0.3, 0.4) is 0 Å². The quantitative estimate of drug-likeness (QED) is 0.577. The first-order valence-corrected chi connectivity index (χ1v) is 7.85. The smallest absolute Gasteiger partial charge is 0.271 e. The van der Waals surface area contributed by atoms with E-state index < -0.39 is 24.0 Å². The Labute approximate surface area is 149 Å². The fourth-order valence-electron chi connectivity index (χ4n) is 2.41. The van der Waals surface area contributed by atoms with Crippen molar-refractivity contribution in [3.8, 4) is 23.0 Å². The van der Waals surface area contributed by atoms with Crippen LogP contribution in [0.15, 0.2) is 36.4 Å². The van der Waals surface area contributed by atoms with E-state index in [1.807, 2.05) is 0 Å². The number of hydrogen-bond donors (Lipinski definition) is 2. The van der Waals surface area contributed by atoms with E-state index in [1.165, 1.54) is 57.2 Å². The molecular weight excluding hydrogens is 343 g/mol. The molecule has 2 N–H and O–H groups in total. The van der Waals surface area contributed by atoms with Crippen molar-refractivity contribution in [2.45, 2.75) is 33.2 Å². The van der Waals surface area contributed by atoms with Gasteiger partial charge in [-0.3, -0.25) is 9.59 Å². The van der Waals surface area contributed by atoms with Crippen LogP contribution in [0.25, 0.3) is 0 Å². The van der Waals surface area contributed by atoms with Crippen LogP contribution < -0.4 is 9.47 Å². The zero-order valence-electron chi connectivity index (χ0n) is 14.5. The number of benzene rings is 2. The number of alkyl halides is 1. The van der Waals surface area contributed by atoms with Gasteiger partial charge in [-0.2, -0.15) is 0 Å². The summed E-state index contributed by atoms with van der Waals surface area (Å²) in [6.07, 6.45) is -3.17. The summed E-state index contributed by atoms with van der Waals surface area (Å²) in [5, 5.41) is 19.7. The first kappa shape index (κ1) is 19.2. The van der Waals surface area contributed by atoms with Crippen LogP contribution >= 0.6 is 0 Å². The number of rotatable bonds is 7. The van der Waals surface area contributed by atoms with Crippen LogP contribution in [0.1, 0.15) is 41.5 Å². The number of carbonyl (C=O) groups excluding carboxylic acids is 2. The van der Waals surface area contributed by atoms with Gasteiger partial charge in [0, 0.05) is 0 Å². The molecule has 0 aliphatic rings. The maximum absolute atomic E-state index is 14.1. The van der Waals surface area contributed by atoms with Gasteiger partial charge in [-0.25, -0.2) is 4.39 Å². The molecule has 0 saturated heterocycles. The van der Waals surface area contributed by atoms with E-state index in [0.29, 0.717) is 0 Å². The molecule has 1 atom stereocenters. The van der Waals surface area contributed by atoms with Crippen LogP contribution in [-0.4, -0.2) is 34.2 Å². The molecule has 2 aromatic carbocycles. The maximum Gasteiger partial charge on any atom is 0.271 e. The molecular formula is C19H19FO6. The van der Waals surface area contributed by atoms with Crippen molar-refractivity contribution in [2.24, 2.45) is 0 Å². The van der Waals surface area contributed by atoms with E-state index in [1.54, 1.807) is 0 Å². The van der Waals surface area contributed by atoms with Crippen molar-refractivity contribution in [2.75, 3.05) is 0 Å². The van der Waals surface area contributed by atoms with E-state index >= 15 is 0 Å². The van der Waals surface area contributed by atoms with Crippen LogP contribution in [0, 0.1) is 0 Å². The van der Waals surface area contributed by atoms with Gasteiger partial charge in [0.2, 0.25) is 0 Å². The molecule has 0 fully saturated rings. The van der Waals surface area contributed by atoms with E-state index in [4.69, 9.17) is 9.47 Å². The average Bonchev–Trinajstić information content (AvgIpc) is 2.53. The van der Waals surface area contributed by atoms with Crippen molar-refractivity contribution in [1.29, 1.82) is 0 Å². The zero-order valence-corrected chi connectivity index (χ0v) is 14.5. The average molecular weight is 362 g/mol. The summed E-state index contributed by atoms with van der Waals surface area (Å²) < 4.78 is 25.0. The fraction of sp³-hybridized carbons (Fsp3) is 0.263. The van der Waals surface area contributed by atoms with Crippen LogP contribution in [0.2, 0.25) is 0 Å². The highest BCUT2D eigenvalue weighted by Crippen LogP contribution is 2.32. The third kappa shape index (κ3) is 4.11. The fourth-order valence-corrected chi connectivity index (χ4v) is 2.41. The second-order valence-electron chi connectivity index (χ2n) is 5.69. The summed E-state index contributed by atoms with van der Waals surface area (Å²) in [5.41, 5.74) is -0.214. The van der Waals surface area contributed by atoms with Crippen LogP contribution in [-0.2, 0) is 0 Å². The highest BCUT2D eigenvalue weighted by molar-refractivity contribution is 6.00. The Bertz CT molecular complexity index is 765. The van der Waals surface area contributed by atoms with Gasteiger partial charge in [0.15, 0.2) is 17.7 Å². The van der Waals surface area contributed by atoms with Crippen LogP contribution in [0.4, 0.5) is 4.39 Å². The summed E-state index contributed by atoms with van der Waals surface area (Å²) in [4.78, 5) is 23.5. The van der Waals surface area contributed by atoms with Crippen molar-refractivity contribution >= 4 is 11.6 Å². The third-order valence-electron chi connectivity index (χ3n) is 3.57. The number of ether oxygens (including phenoxy) is 2. The lowest BCUT2D eigenvalue weighted by molar-refractivity contribution is -0.0476. The molecule has 0 aliphatic carbocycles. The molecule has 0 aliphatic heterocycles. The standard InChI is InChI=1S/C19H19FO6/c1-10(20)19(25-15-8-4-6-13(23)17(15)11(2)21)26-16-9-5-7-14(24)18(16)12(3)22/h4-10,19,23-24H,1-3H3. The molecule has 0 radical (unpaired) electrons. The highest BCUT2D eigenvalue weighted by Gasteiger charge is 2.26. The SMILES string of the molecule is CC(=O)c1c(O)cccc1OC(Oc1cccc(O)c1C(C)=O)C(C)F. The molecule has 2 aromatic rings. The van der Waals surface area contributed by atoms with Gasteiger partial charge < -0.3 is 19.7 Å². The summed E-state index contributed by atoms with van der Waals surface area (Å²) in [7, 11) is 0. The number of carbonyl (C=O) groups is 2. The molecule has 0 heterocycles. The van der Waals surface area contributed by atoms with Crippen LogP contribution in [0.5, 0.6) is 23.0 Å². The Morgan fingerprint density at radius 2 is 1.27 bits per heavy atom. The van der Waals surface area contributed by atoms with E-state index in [2.05, 4.69) is 0 Å². The molecule has 26 heavy (non-hydrogen) atoms. The summed E-state index contributed by atoms with van der Waals surface area (Å²) in [6.45, 7) is 3.65. The van der Waals surface area contributed by atoms with Crippen molar-refractivity contribution in [1.82, 2.24) is 0 Å². The summed E-state index contributed by atoms with van der Waals surface area (Å²) in [6, 6.07) is 8.27. The predicted octanol–water partition coefficient (Wildman–Crippen LogP) is 3.64. The Kier molecular flexibility index (Phi) is 5.82. The van der Waals surface area contributed by atoms with E-state index in [9.17, 15) is 24.2 Å². The molecule has 2 rings (SSSR count). The van der Waals surface area contributed by atoms with Gasteiger partial charge in [0.25, 0.3) is 6.29 Å². The topological polar surface area (TPSA) is 93.1 Å². The second-order valence-corrected chi connectivity index (χ2v) is 5.69. The minimum absolute atomic E-state index is 0.0588. The summed E-state index contributed by atoms with van der Waals surface area (Å²) in [5.74, 6) is -1.66. The maximum atomic E-state index is 14.1. The highest BCUT2D eigenvalue weighted by atomic mass is 19.1. The molecule has 1 unspecified atom stereocenters. The van der Waals surface area contributed by atoms with Crippen molar-refractivity contribution in [3.05, 3.63) is 47.5 Å². The Morgan fingerprint density at radius 3 is 1.58 bits per heavy atom. The molecule has 0 bridgehead atoms. The minimum Gasteiger partial charge on any atom is -0.507 e. The normalized spacial score (nSPS) is 11.9. The largest absolute Gasteiger partial charge is 0.507 e. The first-order chi connectivity index (χ1) is 12.2. The monoisotopic (exact) mass is 362 g/mol. The number of Topliss-reactive ketones (excluding diaryl/α,β-unsaturated/α-hetero) is 2. The number of ketones is 2. The third-order valence-corrected chi connectivity index (χ3v) is 3.57. The van der Waals surface area contributed by atoms with Gasteiger partial charge in [-0.15, -0.1) is 0 Å². The predicted molar refractivity (Wildman–Crippen MR) is 91.8 cm³/mol. The lowest BCUT2D eigenvalue weighted by atomic mass is 10.1. The molecule has 0 spiro atoms. The minimum atomic E-state index is -1.65. The van der Waals surface area contributed by atoms with Gasteiger partial charge >= 0.3 is 0 Å². The zero-order chi connectivity index (χ0) is 19.4. The van der Waals surface area contributed by atoms with Gasteiger partial charge in [-0.05, 0) is 45.0 Å². The number of phenols is 2. The molecule has 6 nitrogen and oxygen atoms in total. The second kappa shape index (κ2) is 7.86. The Balaban J connectivity index is 2.39. The lowest BCUT2D eigenvalue weighted by Gasteiger charge is -2.24. The molecule has 0 aromatic heterocycles. The molecule has 0 amide bonds. The van der Waals surface area contributed by atoms with Crippen molar-refractivity contribution in [3.63, 3.8) is 0 Å². The van der Waals surface area contributed by atoms with E-state index in [-0.39, 0.29) is 34.1 Å². The lowest BCUT2D eigenvalue weighted by Crippen LogP contribution is -2.33. The van der Waals surface area contributed by atoms with E-state index in [0.717, 1.165) is 0 Å². The number of aromatic hydroxyl groups is 2. The van der Waals surface area contributed by atoms with Gasteiger partial charge in [0.05, 0.1) is 0 Å². The molecule has 0 saturated carbocycles. The number of halogens is 1. The first-order valence-electron chi connectivity index (χ1n) is 7.85. The molecule has 138 valence electrons. The summed E-state index contributed by atoms with van der Waals surface area (Å²) >= 11 is 0. The Morgan fingerprint density at radius 1 is 0.885 bits per heavy atom. The Hall–Kier alpha value is -3.09. The van der Waals surface area contributed by atoms with Gasteiger partial charge in [-0.1, -0.05) is 12.1 Å². The van der Waals surface area contributed by atoms with Crippen molar-refractivity contribution < 1.29 is 33.7 Å².